The zero-order valence-corrected chi connectivity index (χ0v) is 21.0. The molecule has 2 aromatic rings. The van der Waals surface area contributed by atoms with Gasteiger partial charge in [-0.15, -0.1) is 0 Å². The van der Waals surface area contributed by atoms with E-state index in [2.05, 4.69) is 17.4 Å². The minimum atomic E-state index is -0.992. The molecule has 1 aliphatic heterocycles. The number of hydrogen-bond acceptors (Lipinski definition) is 5. The number of rotatable bonds is 6. The van der Waals surface area contributed by atoms with Crippen LogP contribution in [0.1, 0.15) is 57.1 Å². The van der Waals surface area contributed by atoms with E-state index in [1.54, 1.807) is 4.90 Å². The van der Waals surface area contributed by atoms with Gasteiger partial charge in [0.1, 0.15) is 12.2 Å². The lowest BCUT2D eigenvalue weighted by atomic mass is 9.87. The standard InChI is InChI=1S/C28H34N2O6/c1-28(2,3)36-27(34)30-14-12-18(13-15-30)24(16-25(31)32)29-26(33)35-17-23-21-10-6-4-8-19(21)20-9-5-7-11-22(20)23/h4-11,18,23-24H,12-17H2,1-3H3,(H,29,33)(H,31,32)/t24-/m0/s1. The van der Waals surface area contributed by atoms with Crippen LogP contribution in [0.4, 0.5) is 9.59 Å². The minimum absolute atomic E-state index is 0.0712. The van der Waals surface area contributed by atoms with Gasteiger partial charge in [-0.2, -0.15) is 0 Å². The van der Waals surface area contributed by atoms with Gasteiger partial charge in [-0.25, -0.2) is 9.59 Å². The summed E-state index contributed by atoms with van der Waals surface area (Å²) in [5.41, 5.74) is 3.93. The van der Waals surface area contributed by atoms with E-state index in [4.69, 9.17) is 9.47 Å². The van der Waals surface area contributed by atoms with E-state index in [1.807, 2.05) is 57.2 Å². The number of nitrogens with one attached hydrogen (secondary N) is 1. The highest BCUT2D eigenvalue weighted by atomic mass is 16.6. The van der Waals surface area contributed by atoms with Crippen LogP contribution in [0, 0.1) is 5.92 Å². The van der Waals surface area contributed by atoms with Gasteiger partial charge in [-0.05, 0) is 61.8 Å². The smallest absolute Gasteiger partial charge is 0.410 e. The molecule has 0 saturated carbocycles. The largest absolute Gasteiger partial charge is 0.481 e. The molecular weight excluding hydrogens is 460 g/mol. The van der Waals surface area contributed by atoms with E-state index in [0.29, 0.717) is 25.9 Å². The second-order valence-corrected chi connectivity index (χ2v) is 10.5. The van der Waals surface area contributed by atoms with Crippen molar-refractivity contribution < 1.29 is 29.0 Å². The molecule has 2 aromatic carbocycles. The van der Waals surface area contributed by atoms with Gasteiger partial charge >= 0.3 is 18.2 Å². The van der Waals surface area contributed by atoms with Gasteiger partial charge in [0.25, 0.3) is 0 Å². The molecule has 8 heteroatoms. The maximum Gasteiger partial charge on any atom is 0.410 e. The fraction of sp³-hybridized carbons (Fsp3) is 0.464. The topological polar surface area (TPSA) is 105 Å². The number of carboxylic acid groups (broad SMARTS) is 1. The van der Waals surface area contributed by atoms with Crippen LogP contribution in [0.5, 0.6) is 0 Å². The number of carbonyl (C=O) groups is 3. The number of alkyl carbamates (subject to hydrolysis) is 1. The lowest BCUT2D eigenvalue weighted by Gasteiger charge is -2.36. The summed E-state index contributed by atoms with van der Waals surface area (Å²) >= 11 is 0. The molecule has 1 heterocycles. The van der Waals surface area contributed by atoms with Crippen LogP contribution < -0.4 is 5.32 Å². The normalized spacial score (nSPS) is 16.6. The fourth-order valence-electron chi connectivity index (χ4n) is 5.13. The van der Waals surface area contributed by atoms with Gasteiger partial charge in [-0.1, -0.05) is 48.5 Å². The number of ether oxygens (including phenoxy) is 2. The zero-order chi connectivity index (χ0) is 25.9. The Labute approximate surface area is 211 Å². The average molecular weight is 495 g/mol. The van der Waals surface area contributed by atoms with E-state index < -0.39 is 23.7 Å². The maximum absolute atomic E-state index is 12.8. The minimum Gasteiger partial charge on any atom is -0.481 e. The van der Waals surface area contributed by atoms with Gasteiger partial charge < -0.3 is 24.8 Å². The molecule has 1 fully saturated rings. The average Bonchev–Trinajstić information content (AvgIpc) is 3.15. The highest BCUT2D eigenvalue weighted by molar-refractivity contribution is 5.79. The Morgan fingerprint density at radius 1 is 1.00 bits per heavy atom. The number of hydrogen-bond donors (Lipinski definition) is 2. The third-order valence-electron chi connectivity index (χ3n) is 6.80. The number of aliphatic carboxylic acids is 1. The van der Waals surface area contributed by atoms with Crippen LogP contribution in [-0.4, -0.2) is 59.5 Å². The van der Waals surface area contributed by atoms with Crippen molar-refractivity contribution >= 4 is 18.2 Å². The lowest BCUT2D eigenvalue weighted by molar-refractivity contribution is -0.138. The number of fused-ring (bicyclic) bond motifs is 3. The monoisotopic (exact) mass is 494 g/mol. The Morgan fingerprint density at radius 2 is 1.56 bits per heavy atom. The molecule has 0 radical (unpaired) electrons. The van der Waals surface area contributed by atoms with Gasteiger partial charge in [0.05, 0.1) is 6.42 Å². The van der Waals surface area contributed by atoms with Crippen molar-refractivity contribution in [2.45, 2.75) is 57.6 Å². The summed E-state index contributed by atoms with van der Waals surface area (Å²) in [5, 5.41) is 12.2. The first-order valence-electron chi connectivity index (χ1n) is 12.4. The summed E-state index contributed by atoms with van der Waals surface area (Å²) in [7, 11) is 0. The molecule has 192 valence electrons. The quantitative estimate of drug-likeness (QED) is 0.585. The summed E-state index contributed by atoms with van der Waals surface area (Å²) < 4.78 is 11.1. The zero-order valence-electron chi connectivity index (χ0n) is 21.0. The highest BCUT2D eigenvalue weighted by Gasteiger charge is 2.34. The molecule has 0 aromatic heterocycles. The van der Waals surface area contributed by atoms with Crippen LogP contribution in [0.2, 0.25) is 0 Å². The predicted molar refractivity (Wildman–Crippen MR) is 135 cm³/mol. The Hall–Kier alpha value is -3.55. The van der Waals surface area contributed by atoms with Crippen molar-refractivity contribution in [3.05, 3.63) is 59.7 Å². The molecule has 1 aliphatic carbocycles. The summed E-state index contributed by atoms with van der Waals surface area (Å²) in [6.07, 6.45) is -0.0684. The fourth-order valence-corrected chi connectivity index (χ4v) is 5.13. The van der Waals surface area contributed by atoms with Crippen LogP contribution in [0.25, 0.3) is 11.1 Å². The van der Waals surface area contributed by atoms with E-state index in [0.717, 1.165) is 22.3 Å². The Morgan fingerprint density at radius 3 is 2.08 bits per heavy atom. The number of nitrogens with zero attached hydrogens (tertiary/aromatic N) is 1. The van der Waals surface area contributed by atoms with Crippen molar-refractivity contribution in [1.82, 2.24) is 10.2 Å². The SMILES string of the molecule is CC(C)(C)OC(=O)N1CCC([C@H](CC(=O)O)NC(=O)OCC2c3ccccc3-c3ccccc32)CC1. The van der Waals surface area contributed by atoms with Crippen molar-refractivity contribution in [3.8, 4) is 11.1 Å². The first kappa shape index (κ1) is 25.5. The second-order valence-electron chi connectivity index (χ2n) is 10.5. The number of carboxylic acids is 1. The number of amides is 2. The second kappa shape index (κ2) is 10.6. The number of likely N-dealkylation sites (tertiary alicyclic amines) is 1. The molecular formula is C28H34N2O6. The maximum atomic E-state index is 12.8. The Kier molecular flexibility index (Phi) is 7.52. The predicted octanol–water partition coefficient (Wildman–Crippen LogP) is 5.02. The summed E-state index contributed by atoms with van der Waals surface area (Å²) in [4.78, 5) is 38.3. The van der Waals surface area contributed by atoms with E-state index in [9.17, 15) is 19.5 Å². The van der Waals surface area contributed by atoms with Crippen molar-refractivity contribution in [2.24, 2.45) is 5.92 Å². The number of benzene rings is 2. The third kappa shape index (κ3) is 5.98. The number of carbonyl (C=O) groups excluding carboxylic acids is 2. The van der Waals surface area contributed by atoms with Crippen LogP contribution >= 0.6 is 0 Å². The molecule has 1 atom stereocenters. The first-order valence-corrected chi connectivity index (χ1v) is 12.4. The van der Waals surface area contributed by atoms with Crippen LogP contribution in [0.15, 0.2) is 48.5 Å². The molecule has 1 saturated heterocycles. The molecule has 0 spiro atoms. The van der Waals surface area contributed by atoms with E-state index in [-0.39, 0.29) is 31.0 Å². The molecule has 2 amide bonds. The summed E-state index contributed by atoms with van der Waals surface area (Å²) in [6, 6.07) is 15.6. The Bertz CT molecular complexity index is 1070. The molecule has 0 bridgehead atoms. The molecule has 36 heavy (non-hydrogen) atoms. The van der Waals surface area contributed by atoms with E-state index in [1.165, 1.54) is 0 Å². The van der Waals surface area contributed by atoms with E-state index >= 15 is 0 Å². The van der Waals surface area contributed by atoms with Crippen molar-refractivity contribution in [1.29, 1.82) is 0 Å². The molecule has 0 unspecified atom stereocenters. The van der Waals surface area contributed by atoms with Gasteiger partial charge in [0.15, 0.2) is 0 Å². The summed E-state index contributed by atoms with van der Waals surface area (Å²) in [6.45, 7) is 6.51. The van der Waals surface area contributed by atoms with Crippen LogP contribution in [-0.2, 0) is 14.3 Å². The highest BCUT2D eigenvalue weighted by Crippen LogP contribution is 2.44. The van der Waals surface area contributed by atoms with Gasteiger partial charge in [-0.3, -0.25) is 4.79 Å². The lowest BCUT2D eigenvalue weighted by Crippen LogP contribution is -2.48. The third-order valence-corrected chi connectivity index (χ3v) is 6.80. The van der Waals surface area contributed by atoms with Crippen molar-refractivity contribution in [3.63, 3.8) is 0 Å². The van der Waals surface area contributed by atoms with Gasteiger partial charge in [0.2, 0.25) is 0 Å². The number of piperidine rings is 1. The molecule has 2 aliphatic rings. The summed E-state index contributed by atoms with van der Waals surface area (Å²) in [5.74, 6) is -1.15. The van der Waals surface area contributed by atoms with Crippen molar-refractivity contribution in [2.75, 3.05) is 19.7 Å². The molecule has 4 rings (SSSR count). The molecule has 2 N–H and O–H groups in total. The van der Waals surface area contributed by atoms with Crippen LogP contribution in [0.3, 0.4) is 0 Å². The first-order chi connectivity index (χ1) is 17.1. The van der Waals surface area contributed by atoms with Gasteiger partial charge in [0, 0.05) is 25.0 Å². The molecule has 8 nitrogen and oxygen atoms in total. The Balaban J connectivity index is 1.35.